The normalized spacial score (nSPS) is 19.1. The first kappa shape index (κ1) is 18.0. The highest BCUT2D eigenvalue weighted by Gasteiger charge is 2.25. The number of aryl methyl sites for hydroxylation is 1. The molecule has 1 unspecified atom stereocenters. The van der Waals surface area contributed by atoms with Crippen molar-refractivity contribution in [3.05, 3.63) is 52.9 Å². The summed E-state index contributed by atoms with van der Waals surface area (Å²) in [6.45, 7) is 12.1. The SMILES string of the molecule is C=C(C)Nc1ncc(CN2CCN(C)C(Cc3ccnc(C)c3)C2)s1. The van der Waals surface area contributed by atoms with E-state index in [9.17, 15) is 0 Å². The summed E-state index contributed by atoms with van der Waals surface area (Å²) in [6.07, 6.45) is 4.97. The average molecular weight is 358 g/mol. The van der Waals surface area contributed by atoms with E-state index in [0.29, 0.717) is 6.04 Å². The summed E-state index contributed by atoms with van der Waals surface area (Å²) in [5, 5.41) is 4.13. The first-order valence-electron chi connectivity index (χ1n) is 8.71. The summed E-state index contributed by atoms with van der Waals surface area (Å²) in [5.41, 5.74) is 3.39. The van der Waals surface area contributed by atoms with Crippen LogP contribution < -0.4 is 5.32 Å². The van der Waals surface area contributed by atoms with E-state index in [1.807, 2.05) is 19.3 Å². The quantitative estimate of drug-likeness (QED) is 0.860. The van der Waals surface area contributed by atoms with Crippen LogP contribution in [0.4, 0.5) is 5.13 Å². The second-order valence-corrected chi connectivity index (χ2v) is 8.03. The van der Waals surface area contributed by atoms with Crippen LogP contribution in [-0.4, -0.2) is 52.5 Å². The number of thiazole rings is 1. The van der Waals surface area contributed by atoms with Crippen molar-refractivity contribution in [3.63, 3.8) is 0 Å². The minimum absolute atomic E-state index is 0.538. The Hall–Kier alpha value is -1.76. The molecule has 3 heterocycles. The number of nitrogens with zero attached hydrogens (tertiary/aromatic N) is 4. The highest BCUT2D eigenvalue weighted by atomic mass is 32.1. The number of hydrogen-bond acceptors (Lipinski definition) is 6. The van der Waals surface area contributed by atoms with Crippen molar-refractivity contribution in [1.82, 2.24) is 19.8 Å². The summed E-state index contributed by atoms with van der Waals surface area (Å²) in [7, 11) is 2.23. The molecular formula is C19H27N5S. The highest BCUT2D eigenvalue weighted by Crippen LogP contribution is 2.22. The predicted octanol–water partition coefficient (Wildman–Crippen LogP) is 3.15. The van der Waals surface area contributed by atoms with Crippen LogP contribution in [0.1, 0.15) is 23.1 Å². The Labute approximate surface area is 154 Å². The molecule has 1 N–H and O–H groups in total. The lowest BCUT2D eigenvalue weighted by atomic mass is 10.0. The van der Waals surface area contributed by atoms with Crippen LogP contribution >= 0.6 is 11.3 Å². The molecule has 2 aromatic rings. The van der Waals surface area contributed by atoms with E-state index >= 15 is 0 Å². The van der Waals surface area contributed by atoms with Crippen LogP contribution in [0.5, 0.6) is 0 Å². The molecule has 1 aliphatic heterocycles. The third-order valence-electron chi connectivity index (χ3n) is 4.55. The molecule has 1 atom stereocenters. The lowest BCUT2D eigenvalue weighted by Gasteiger charge is -2.39. The molecule has 25 heavy (non-hydrogen) atoms. The largest absolute Gasteiger partial charge is 0.336 e. The van der Waals surface area contributed by atoms with Crippen molar-refractivity contribution < 1.29 is 0 Å². The molecule has 2 aromatic heterocycles. The molecule has 0 aliphatic carbocycles. The number of hydrogen-bond donors (Lipinski definition) is 1. The van der Waals surface area contributed by atoms with Crippen molar-refractivity contribution in [2.75, 3.05) is 32.0 Å². The second-order valence-electron chi connectivity index (χ2n) is 6.92. The standard InChI is InChI=1S/C19H27N5S/c1-14(2)22-19-21-11-18(25-19)13-24-8-7-23(4)17(12-24)10-16-5-6-20-15(3)9-16/h5-6,9,11,17H,1,7-8,10,12-13H2,2-4H3,(H,21,22). The Morgan fingerprint density at radius 1 is 1.40 bits per heavy atom. The van der Waals surface area contributed by atoms with Gasteiger partial charge >= 0.3 is 0 Å². The van der Waals surface area contributed by atoms with Gasteiger partial charge < -0.3 is 10.2 Å². The van der Waals surface area contributed by atoms with Gasteiger partial charge in [0.05, 0.1) is 0 Å². The zero-order valence-corrected chi connectivity index (χ0v) is 16.1. The maximum Gasteiger partial charge on any atom is 0.187 e. The summed E-state index contributed by atoms with van der Waals surface area (Å²) >= 11 is 1.72. The minimum Gasteiger partial charge on any atom is -0.336 e. The van der Waals surface area contributed by atoms with Crippen molar-refractivity contribution in [2.24, 2.45) is 0 Å². The van der Waals surface area contributed by atoms with E-state index in [4.69, 9.17) is 0 Å². The van der Waals surface area contributed by atoms with Gasteiger partial charge in [0.15, 0.2) is 5.13 Å². The van der Waals surface area contributed by atoms with Gasteiger partial charge in [-0.15, -0.1) is 11.3 Å². The molecule has 0 aromatic carbocycles. The highest BCUT2D eigenvalue weighted by molar-refractivity contribution is 7.15. The summed E-state index contributed by atoms with van der Waals surface area (Å²) in [6, 6.07) is 4.88. The fourth-order valence-corrected chi connectivity index (χ4v) is 4.15. The van der Waals surface area contributed by atoms with Crippen molar-refractivity contribution in [3.8, 4) is 0 Å². The topological polar surface area (TPSA) is 44.3 Å². The van der Waals surface area contributed by atoms with E-state index < -0.39 is 0 Å². The summed E-state index contributed by atoms with van der Waals surface area (Å²) in [5.74, 6) is 0. The first-order valence-corrected chi connectivity index (χ1v) is 9.52. The Balaban J connectivity index is 1.60. The zero-order valence-electron chi connectivity index (χ0n) is 15.3. The molecule has 5 nitrogen and oxygen atoms in total. The fraction of sp³-hybridized carbons (Fsp3) is 0.474. The van der Waals surface area contributed by atoms with E-state index in [2.05, 4.69) is 57.8 Å². The van der Waals surface area contributed by atoms with Gasteiger partial charge in [0.1, 0.15) is 0 Å². The zero-order chi connectivity index (χ0) is 17.8. The molecule has 0 saturated carbocycles. The average Bonchev–Trinajstić information content (AvgIpc) is 2.97. The third-order valence-corrected chi connectivity index (χ3v) is 5.44. The number of anilines is 1. The molecule has 6 heteroatoms. The molecule has 0 bridgehead atoms. The van der Waals surface area contributed by atoms with Crippen molar-refractivity contribution in [2.45, 2.75) is 32.9 Å². The summed E-state index contributed by atoms with van der Waals surface area (Å²) in [4.78, 5) is 15.1. The number of likely N-dealkylation sites (N-methyl/N-ethyl adjacent to an activating group) is 1. The Bertz CT molecular complexity index is 726. The van der Waals surface area contributed by atoms with Crippen LogP contribution in [0, 0.1) is 6.92 Å². The van der Waals surface area contributed by atoms with Gasteiger partial charge in [-0.3, -0.25) is 9.88 Å². The summed E-state index contributed by atoms with van der Waals surface area (Å²) < 4.78 is 0. The number of rotatable bonds is 6. The molecule has 1 aliphatic rings. The lowest BCUT2D eigenvalue weighted by molar-refractivity contribution is 0.0911. The van der Waals surface area contributed by atoms with Crippen molar-refractivity contribution in [1.29, 1.82) is 0 Å². The molecule has 0 radical (unpaired) electrons. The molecule has 0 spiro atoms. The minimum atomic E-state index is 0.538. The Morgan fingerprint density at radius 3 is 3.00 bits per heavy atom. The molecule has 134 valence electrons. The van der Waals surface area contributed by atoms with Crippen molar-refractivity contribution >= 4 is 16.5 Å². The van der Waals surface area contributed by atoms with Gasteiger partial charge in [-0.05, 0) is 45.0 Å². The van der Waals surface area contributed by atoms with Gasteiger partial charge in [0.25, 0.3) is 0 Å². The van der Waals surface area contributed by atoms with Crippen LogP contribution in [0.25, 0.3) is 0 Å². The van der Waals surface area contributed by atoms with E-state index in [1.165, 1.54) is 10.4 Å². The molecule has 1 saturated heterocycles. The van der Waals surface area contributed by atoms with Gasteiger partial charge in [0.2, 0.25) is 0 Å². The fourth-order valence-electron chi connectivity index (χ4n) is 3.22. The maximum absolute atomic E-state index is 4.44. The van der Waals surface area contributed by atoms with Gasteiger partial charge in [-0.25, -0.2) is 4.98 Å². The predicted molar refractivity (Wildman–Crippen MR) is 105 cm³/mol. The third kappa shape index (κ3) is 5.11. The molecular weight excluding hydrogens is 330 g/mol. The molecule has 3 rings (SSSR count). The van der Waals surface area contributed by atoms with Gasteiger partial charge in [0, 0.05) is 60.9 Å². The van der Waals surface area contributed by atoms with Crippen LogP contribution in [0.15, 0.2) is 36.8 Å². The number of pyridine rings is 1. The first-order chi connectivity index (χ1) is 12.0. The van der Waals surface area contributed by atoms with Gasteiger partial charge in [-0.1, -0.05) is 6.58 Å². The Morgan fingerprint density at radius 2 is 2.24 bits per heavy atom. The smallest absolute Gasteiger partial charge is 0.187 e. The lowest BCUT2D eigenvalue weighted by Crippen LogP contribution is -2.51. The van der Waals surface area contributed by atoms with E-state index in [-0.39, 0.29) is 0 Å². The van der Waals surface area contributed by atoms with E-state index in [1.54, 1.807) is 11.3 Å². The van der Waals surface area contributed by atoms with Crippen LogP contribution in [-0.2, 0) is 13.0 Å². The second kappa shape index (κ2) is 8.08. The Kier molecular flexibility index (Phi) is 5.83. The molecule has 0 amide bonds. The van der Waals surface area contributed by atoms with Gasteiger partial charge in [-0.2, -0.15) is 0 Å². The molecule has 1 fully saturated rings. The number of aromatic nitrogens is 2. The van der Waals surface area contributed by atoms with E-state index in [0.717, 1.165) is 49.1 Å². The van der Waals surface area contributed by atoms with Crippen LogP contribution in [0.2, 0.25) is 0 Å². The maximum atomic E-state index is 4.44. The number of nitrogens with one attached hydrogen (secondary N) is 1. The monoisotopic (exact) mass is 357 g/mol. The number of allylic oxidation sites excluding steroid dienone is 1. The van der Waals surface area contributed by atoms with Crippen LogP contribution in [0.3, 0.4) is 0 Å². The number of piperazine rings is 1.